The number of carbonyl (C=O) groups is 10. The van der Waals surface area contributed by atoms with Crippen LogP contribution in [0.25, 0.3) is 0 Å². The van der Waals surface area contributed by atoms with E-state index in [1.165, 1.54) is 0 Å². The van der Waals surface area contributed by atoms with Crippen LogP contribution >= 0.6 is 0 Å². The molecule has 20 amide bonds. The highest BCUT2D eigenvalue weighted by atomic mass is 16.5. The Morgan fingerprint density at radius 3 is 0.410 bits per heavy atom. The number of amides is 20. The van der Waals surface area contributed by atoms with Crippen LogP contribution in [0.3, 0.4) is 0 Å². The van der Waals surface area contributed by atoms with Crippen LogP contribution in [0, 0.1) is 0 Å². The van der Waals surface area contributed by atoms with Crippen LogP contribution in [0.4, 0.5) is 47.9 Å². The number of hydrogen-bond donors (Lipinski definition) is 10. The third kappa shape index (κ3) is 3.80. The summed E-state index contributed by atoms with van der Waals surface area (Å²) < 4.78 is 0. The molecular weight excluding hydrogens is 1060 g/mol. The maximum Gasteiger partial charge on any atom is 0.330 e. The predicted molar refractivity (Wildman–Crippen MR) is 226 cm³/mol. The fourth-order valence-corrected chi connectivity index (χ4v) is 15.3. The zero-order valence-corrected chi connectivity index (χ0v) is 40.2. The van der Waals surface area contributed by atoms with Gasteiger partial charge in [0, 0.05) is 26.2 Å². The highest BCUT2D eigenvalue weighted by molar-refractivity contribution is 5.95. The maximum absolute atomic E-state index is 15.3. The molecule has 40 nitrogen and oxygen atoms in total. The van der Waals surface area contributed by atoms with E-state index < -0.39 is 198 Å². The van der Waals surface area contributed by atoms with Gasteiger partial charge in [0.2, 0.25) is 0 Å². The number of nitrogens with zero attached hydrogens (tertiary/aromatic N) is 20. The molecule has 15 saturated heterocycles. The molecule has 10 N–H and O–H groups in total. The Balaban J connectivity index is 0.948. The summed E-state index contributed by atoms with van der Waals surface area (Å²) in [6.07, 6.45) is -0.762. The number of hydrogen-bond acceptors (Lipinski definition) is 20. The largest absolute Gasteiger partial charge is 0.348 e. The minimum Gasteiger partial charge on any atom is -0.348 e. The van der Waals surface area contributed by atoms with Gasteiger partial charge in [-0.05, 0) is 38.5 Å². The van der Waals surface area contributed by atoms with Gasteiger partial charge in [-0.25, -0.2) is 47.9 Å². The fourth-order valence-electron chi connectivity index (χ4n) is 15.3. The van der Waals surface area contributed by atoms with E-state index in [1.54, 1.807) is 0 Å². The molecule has 0 saturated carbocycles. The SMILES string of the molecule is O=C1N2CCCCCN3C(=O)N4CN5C(=O)N6CN7C(=O)N8CN9C(=O)N%10CN1C1(O)N%11CN%12C(=O)N(CN%13C(=O)N(CN%14C(=O)N(CN%15C(=O)N(CCCCCN(C%11=O)C21O)C3(O)C4%15O)C5(O)C6%14O)C7(O)C8%13O)C9(O)C%10%12O. The molecule has 40 heteroatoms. The van der Waals surface area contributed by atoms with Crippen molar-refractivity contribution < 1.29 is 99.0 Å². The van der Waals surface area contributed by atoms with Crippen molar-refractivity contribution in [1.82, 2.24) is 98.0 Å². The fraction of sp³-hybridized carbons (Fsp3) is 0.737. The second kappa shape index (κ2) is 12.6. The lowest BCUT2D eigenvalue weighted by Gasteiger charge is -2.50. The standard InChI is InChI=1S/C38H46N20O20/c59-19-39-7-3-1-4-8-40-20(60)44-12-48-24(64)52-16-56-27(67)55-15-51-23(63)47-11-43(19)31(71)29(39,69)41-9-5-2-6-10-42-22(62)46(32(44,72)30(40,42)70)14-50-26(66)54(36(52,76)34(48,50)74)18-58-28(68)57(37(55,77)38(56,58)78)17-53-25(65)49(13-45(31)21(41)61)33(47,73)35(51,53)75/h69-78H,1-18H2. The Morgan fingerprint density at radius 1 is 0.179 bits per heavy atom. The number of carbonyl (C=O) groups excluding carboxylic acids is 10. The number of rotatable bonds is 0. The van der Waals surface area contributed by atoms with E-state index in [4.69, 9.17) is 0 Å². The Hall–Kier alpha value is -7.70. The lowest BCUT2D eigenvalue weighted by Crippen LogP contribution is -2.78. The molecule has 78 heavy (non-hydrogen) atoms. The summed E-state index contributed by atoms with van der Waals surface area (Å²) in [6, 6.07) is -14.9. The Morgan fingerprint density at radius 2 is 0.282 bits per heavy atom. The molecular formula is C38H46N20O20. The number of aliphatic hydroxyl groups is 10. The van der Waals surface area contributed by atoms with Crippen molar-refractivity contribution in [1.29, 1.82) is 0 Å². The summed E-state index contributed by atoms with van der Waals surface area (Å²) in [5, 5.41) is 131. The molecule has 0 spiro atoms. The van der Waals surface area contributed by atoms with Crippen LogP contribution < -0.4 is 0 Å². The van der Waals surface area contributed by atoms with Crippen molar-refractivity contribution in [3.63, 3.8) is 0 Å². The van der Waals surface area contributed by atoms with Crippen molar-refractivity contribution in [2.24, 2.45) is 0 Å². The second-order valence-electron chi connectivity index (χ2n) is 21.9. The average molecular weight is 1100 g/mol. The first kappa shape index (κ1) is 46.4. The van der Waals surface area contributed by atoms with Gasteiger partial charge in [0.1, 0.15) is 53.3 Å². The summed E-state index contributed by atoms with van der Waals surface area (Å²) in [5.74, 6) is -34.2. The Labute approximate surface area is 433 Å². The highest BCUT2D eigenvalue weighted by Gasteiger charge is 2.92. The van der Waals surface area contributed by atoms with Gasteiger partial charge in [0.15, 0.2) is 0 Å². The minimum atomic E-state index is -3.63. The molecule has 15 aliphatic heterocycles. The van der Waals surface area contributed by atoms with Gasteiger partial charge >= 0.3 is 107 Å². The third-order valence-electron chi connectivity index (χ3n) is 19.2. The van der Waals surface area contributed by atoms with Crippen LogP contribution in [0.1, 0.15) is 38.5 Å². The lowest BCUT2D eigenvalue weighted by atomic mass is 10.1. The van der Waals surface area contributed by atoms with Crippen LogP contribution in [0.5, 0.6) is 0 Å². The van der Waals surface area contributed by atoms with Crippen molar-refractivity contribution in [2.75, 3.05) is 79.5 Å². The molecule has 15 rings (SSSR count). The van der Waals surface area contributed by atoms with Gasteiger partial charge in [-0.2, -0.15) is 0 Å². The van der Waals surface area contributed by atoms with Gasteiger partial charge in [0.05, 0.1) is 0 Å². The molecule has 0 unspecified atom stereocenters. The van der Waals surface area contributed by atoms with E-state index >= 15 is 47.9 Å². The minimum absolute atomic E-state index is 0.0538. The molecule has 0 aromatic carbocycles. The van der Waals surface area contributed by atoms with Gasteiger partial charge in [-0.3, -0.25) is 98.0 Å². The van der Waals surface area contributed by atoms with Gasteiger partial charge in [-0.15, -0.1) is 0 Å². The first-order valence-electron chi connectivity index (χ1n) is 24.8. The second-order valence-corrected chi connectivity index (χ2v) is 21.9. The van der Waals surface area contributed by atoms with Gasteiger partial charge < -0.3 is 51.1 Å². The molecule has 0 aromatic heterocycles. The first-order chi connectivity index (χ1) is 36.6. The zero-order chi connectivity index (χ0) is 55.0. The smallest absolute Gasteiger partial charge is 0.330 e. The summed E-state index contributed by atoms with van der Waals surface area (Å²) >= 11 is 0. The van der Waals surface area contributed by atoms with Gasteiger partial charge in [0.25, 0.3) is 11.7 Å². The molecule has 0 radical (unpaired) electrons. The van der Waals surface area contributed by atoms with E-state index in [0.29, 0.717) is 39.2 Å². The zero-order valence-electron chi connectivity index (χ0n) is 40.2. The van der Waals surface area contributed by atoms with Crippen LogP contribution in [-0.4, -0.2) is 347 Å². The monoisotopic (exact) mass is 1100 g/mol. The summed E-state index contributed by atoms with van der Waals surface area (Å²) in [5.41, 5.74) is 0. The topological polar surface area (TPSA) is 438 Å². The van der Waals surface area contributed by atoms with E-state index in [9.17, 15) is 51.1 Å². The maximum atomic E-state index is 15.3. The van der Waals surface area contributed by atoms with Gasteiger partial charge in [-0.1, -0.05) is 0 Å². The number of urea groups is 10. The summed E-state index contributed by atoms with van der Waals surface area (Å²) in [4.78, 5) is 159. The summed E-state index contributed by atoms with van der Waals surface area (Å²) in [7, 11) is 0. The van der Waals surface area contributed by atoms with Crippen LogP contribution in [0.2, 0.25) is 0 Å². The molecule has 15 heterocycles. The molecule has 0 bridgehead atoms. The predicted octanol–water partition coefficient (Wildman–Crippen LogP) is -9.09. The molecule has 15 fully saturated rings. The molecule has 0 aliphatic carbocycles. The average Bonchev–Trinajstić information content (AvgIpc) is 2.21. The van der Waals surface area contributed by atoms with Crippen molar-refractivity contribution in [2.45, 2.75) is 97.0 Å². The van der Waals surface area contributed by atoms with Crippen molar-refractivity contribution >= 4 is 60.3 Å². The van der Waals surface area contributed by atoms with E-state index in [-0.39, 0.29) is 97.3 Å². The van der Waals surface area contributed by atoms with Crippen LogP contribution in [-0.2, 0) is 0 Å². The molecule has 0 atom stereocenters. The normalized spacial score (nSPS) is 44.6. The molecule has 0 aromatic rings. The molecule has 418 valence electrons. The van der Waals surface area contributed by atoms with E-state index in [0.717, 1.165) is 0 Å². The first-order valence-corrected chi connectivity index (χ1v) is 24.8. The van der Waals surface area contributed by atoms with E-state index in [1.807, 2.05) is 0 Å². The van der Waals surface area contributed by atoms with Crippen molar-refractivity contribution in [3.05, 3.63) is 0 Å². The quantitative estimate of drug-likeness (QED) is 0.108. The summed E-state index contributed by atoms with van der Waals surface area (Å²) in [6.45, 7) is -14.0. The highest BCUT2D eigenvalue weighted by Crippen LogP contribution is 2.62. The molecule has 15 aliphatic rings. The Bertz CT molecular complexity index is 2730. The van der Waals surface area contributed by atoms with Crippen molar-refractivity contribution in [3.8, 4) is 0 Å². The third-order valence-corrected chi connectivity index (χ3v) is 19.2. The van der Waals surface area contributed by atoms with Crippen LogP contribution in [0.15, 0.2) is 0 Å². The lowest BCUT2D eigenvalue weighted by molar-refractivity contribution is -0.366. The Kier molecular flexibility index (Phi) is 7.48. The van der Waals surface area contributed by atoms with E-state index in [2.05, 4.69) is 0 Å².